The van der Waals surface area contributed by atoms with E-state index < -0.39 is 39.1 Å². The van der Waals surface area contributed by atoms with E-state index >= 15 is 0 Å². The number of aromatic carboxylic acids is 1. The first kappa shape index (κ1) is 23.5. The lowest BCUT2D eigenvalue weighted by atomic mass is 10.4. The minimum Gasteiger partial charge on any atom is -0.476 e. The highest BCUT2D eigenvalue weighted by Crippen LogP contribution is 2.08. The predicted molar refractivity (Wildman–Crippen MR) is 108 cm³/mol. The number of ether oxygens (including phenoxy) is 2. The smallest absolute Gasteiger partial charge is 0.362 e. The zero-order valence-electron chi connectivity index (χ0n) is 17.1. The van der Waals surface area contributed by atoms with Gasteiger partial charge in [0, 0.05) is 29.4 Å². The molecule has 0 saturated carbocycles. The number of aromatic nitrogens is 3. The third kappa shape index (κ3) is 8.32. The van der Waals surface area contributed by atoms with Crippen molar-refractivity contribution in [1.29, 1.82) is 0 Å². The van der Waals surface area contributed by atoms with Crippen molar-refractivity contribution >= 4 is 22.1 Å². The van der Waals surface area contributed by atoms with Crippen LogP contribution in [0.5, 0.6) is 0 Å². The van der Waals surface area contributed by atoms with Gasteiger partial charge in [-0.15, -0.1) is 0 Å². The molecule has 1 N–H and O–H groups in total. The van der Waals surface area contributed by atoms with Gasteiger partial charge in [0.15, 0.2) is 0 Å². The largest absolute Gasteiger partial charge is 0.476 e. The zero-order valence-corrected chi connectivity index (χ0v) is 19.1. The molecule has 0 unspecified atom stereocenters. The molecule has 154 valence electrons. The lowest BCUT2D eigenvalue weighted by molar-refractivity contribution is 0.0535. The summed E-state index contributed by atoms with van der Waals surface area (Å²) in [6, 6.07) is 1.76. The molecule has 0 spiro atoms. The minimum atomic E-state index is -1.49. The summed E-state index contributed by atoms with van der Waals surface area (Å²) < 4.78 is 12.5. The second-order valence-electron chi connectivity index (χ2n) is 8.87. The van der Waals surface area contributed by atoms with Crippen molar-refractivity contribution in [3.8, 4) is 0 Å². The molecule has 0 aliphatic rings. The average Bonchev–Trinajstić information content (AvgIpc) is 2.50. The van der Waals surface area contributed by atoms with Crippen LogP contribution in [0.3, 0.4) is 0 Å². The van der Waals surface area contributed by atoms with Crippen molar-refractivity contribution in [3.63, 3.8) is 0 Å². The van der Waals surface area contributed by atoms with E-state index in [0.29, 0.717) is 13.2 Å². The molecule has 1 rings (SSSR count). The Morgan fingerprint density at radius 1 is 0.963 bits per heavy atom. The van der Waals surface area contributed by atoms with Crippen LogP contribution in [-0.2, 0) is 22.9 Å². The molecular weight excluding hydrogens is 386 g/mol. The van der Waals surface area contributed by atoms with Crippen LogP contribution in [0, 0.1) is 0 Å². The van der Waals surface area contributed by atoms with E-state index in [1.807, 2.05) is 0 Å². The Balaban J connectivity index is 2.94. The van der Waals surface area contributed by atoms with E-state index in [2.05, 4.69) is 44.4 Å². The molecule has 0 aromatic carbocycles. The Bertz CT molecular complexity index is 761. The zero-order chi connectivity index (χ0) is 20.8. The van der Waals surface area contributed by atoms with Crippen molar-refractivity contribution in [2.24, 2.45) is 0 Å². The summed E-state index contributed by atoms with van der Waals surface area (Å²) in [6.45, 7) is 13.5. The van der Waals surface area contributed by atoms with Gasteiger partial charge >= 0.3 is 11.7 Å². The van der Waals surface area contributed by atoms with E-state index in [1.165, 1.54) is 0 Å². The van der Waals surface area contributed by atoms with Crippen LogP contribution < -0.4 is 11.2 Å². The predicted octanol–water partition coefficient (Wildman–Crippen LogP) is 1.73. The third-order valence-electron chi connectivity index (χ3n) is 3.75. The molecule has 11 heteroatoms. The molecule has 0 bridgehead atoms. The average molecular weight is 418 g/mol. The number of carbonyl (C=O) groups is 1. The second kappa shape index (κ2) is 9.58. The molecule has 27 heavy (non-hydrogen) atoms. The van der Waals surface area contributed by atoms with Gasteiger partial charge in [-0.1, -0.05) is 39.3 Å². The number of carboxylic acids is 1. The lowest BCUT2D eigenvalue weighted by Crippen LogP contribution is -2.45. The van der Waals surface area contributed by atoms with E-state index in [9.17, 15) is 19.5 Å². The van der Waals surface area contributed by atoms with Crippen LogP contribution in [0.15, 0.2) is 9.59 Å². The van der Waals surface area contributed by atoms with Crippen LogP contribution in [-0.4, -0.2) is 54.8 Å². The molecule has 0 saturated heterocycles. The van der Waals surface area contributed by atoms with E-state index in [4.69, 9.17) is 9.47 Å². The van der Waals surface area contributed by atoms with Gasteiger partial charge in [0.25, 0.3) is 5.56 Å². The molecular formula is C16H31N3O6Si2. The maximum absolute atomic E-state index is 12.5. The quantitative estimate of drug-likeness (QED) is 0.431. The van der Waals surface area contributed by atoms with Crippen LogP contribution in [0.1, 0.15) is 10.5 Å². The Labute approximate surface area is 160 Å². The first-order valence-electron chi connectivity index (χ1n) is 8.92. The van der Waals surface area contributed by atoms with Gasteiger partial charge in [0.2, 0.25) is 5.69 Å². The monoisotopic (exact) mass is 417 g/mol. The first-order chi connectivity index (χ1) is 12.3. The number of hydrogen-bond acceptors (Lipinski definition) is 6. The third-order valence-corrected chi connectivity index (χ3v) is 7.16. The van der Waals surface area contributed by atoms with Crippen LogP contribution in [0.25, 0.3) is 0 Å². The van der Waals surface area contributed by atoms with Crippen molar-refractivity contribution in [2.45, 2.75) is 64.8 Å². The molecule has 0 fully saturated rings. The summed E-state index contributed by atoms with van der Waals surface area (Å²) in [7, 11) is -2.61. The molecule has 0 amide bonds. The van der Waals surface area contributed by atoms with Gasteiger partial charge in [-0.2, -0.15) is 9.78 Å². The molecule has 9 nitrogen and oxygen atoms in total. The topological polar surface area (TPSA) is 113 Å². The summed E-state index contributed by atoms with van der Waals surface area (Å²) in [5, 5.41) is 12.8. The van der Waals surface area contributed by atoms with Gasteiger partial charge in [0.1, 0.15) is 13.5 Å². The van der Waals surface area contributed by atoms with E-state index in [-0.39, 0.29) is 13.5 Å². The summed E-state index contributed by atoms with van der Waals surface area (Å²) in [4.78, 5) is 36.0. The van der Waals surface area contributed by atoms with Crippen molar-refractivity contribution in [1.82, 2.24) is 14.3 Å². The molecule has 0 aliphatic heterocycles. The SMILES string of the molecule is C[Si](C)(C)CCOCn1nc(C(=O)O)c(=O)n(COCC[Si](C)(C)C)c1=O. The van der Waals surface area contributed by atoms with Gasteiger partial charge < -0.3 is 14.6 Å². The molecule has 0 radical (unpaired) electrons. The Morgan fingerprint density at radius 3 is 1.89 bits per heavy atom. The fourth-order valence-corrected chi connectivity index (χ4v) is 3.47. The van der Waals surface area contributed by atoms with Crippen LogP contribution >= 0.6 is 0 Å². The van der Waals surface area contributed by atoms with Gasteiger partial charge in [-0.3, -0.25) is 4.79 Å². The Hall–Kier alpha value is -1.57. The van der Waals surface area contributed by atoms with Crippen LogP contribution in [0.2, 0.25) is 51.4 Å². The number of rotatable bonds is 11. The van der Waals surface area contributed by atoms with Gasteiger partial charge in [-0.05, 0) is 12.1 Å². The van der Waals surface area contributed by atoms with Crippen molar-refractivity contribution in [3.05, 3.63) is 26.5 Å². The van der Waals surface area contributed by atoms with E-state index in [0.717, 1.165) is 21.3 Å². The normalized spacial score (nSPS) is 12.4. The molecule has 1 aromatic rings. The summed E-state index contributed by atoms with van der Waals surface area (Å²) in [5.74, 6) is -1.49. The number of nitrogens with zero attached hydrogens (tertiary/aromatic N) is 3. The molecule has 0 atom stereocenters. The number of hydrogen-bond donors (Lipinski definition) is 1. The van der Waals surface area contributed by atoms with E-state index in [1.54, 1.807) is 0 Å². The van der Waals surface area contributed by atoms with Gasteiger partial charge in [-0.25, -0.2) is 14.2 Å². The first-order valence-corrected chi connectivity index (χ1v) is 16.3. The summed E-state index contributed by atoms with van der Waals surface area (Å²) >= 11 is 0. The summed E-state index contributed by atoms with van der Waals surface area (Å²) in [6.07, 6.45) is 0. The highest BCUT2D eigenvalue weighted by molar-refractivity contribution is 6.76. The fraction of sp³-hybridized carbons (Fsp3) is 0.750. The molecule has 1 aromatic heterocycles. The standard InChI is InChI=1S/C16H31N3O6Si2/c1-26(2,3)9-7-24-11-18-14(20)13(15(21)22)17-19(16(18)23)12-25-8-10-27(4,5)6/h7-12H2,1-6H3,(H,21,22). The maximum atomic E-state index is 12.5. The van der Waals surface area contributed by atoms with Crippen LogP contribution in [0.4, 0.5) is 0 Å². The minimum absolute atomic E-state index is 0.210. The maximum Gasteiger partial charge on any atom is 0.362 e. The summed E-state index contributed by atoms with van der Waals surface area (Å²) in [5.41, 5.74) is -2.44. The van der Waals surface area contributed by atoms with Gasteiger partial charge in [0.05, 0.1) is 0 Å². The Kier molecular flexibility index (Phi) is 8.32. The number of carboxylic acid groups (broad SMARTS) is 1. The fourth-order valence-electron chi connectivity index (χ4n) is 1.96. The van der Waals surface area contributed by atoms with Crippen molar-refractivity contribution < 1.29 is 19.4 Å². The molecule has 1 heterocycles. The highest BCUT2D eigenvalue weighted by Gasteiger charge is 2.20. The Morgan fingerprint density at radius 2 is 1.44 bits per heavy atom. The molecule has 0 aliphatic carbocycles. The lowest BCUT2D eigenvalue weighted by Gasteiger charge is -2.17. The highest BCUT2D eigenvalue weighted by atomic mass is 28.3. The van der Waals surface area contributed by atoms with Crippen molar-refractivity contribution in [2.75, 3.05) is 13.2 Å². The second-order valence-corrected chi connectivity index (χ2v) is 20.1.